The third-order valence-electron chi connectivity index (χ3n) is 2.46. The van der Waals surface area contributed by atoms with Crippen LogP contribution in [-0.4, -0.2) is 4.98 Å². The minimum Gasteiger partial charge on any atom is -0.242 e. The van der Waals surface area contributed by atoms with E-state index in [9.17, 15) is 8.78 Å². The lowest BCUT2D eigenvalue weighted by atomic mass is 10.1. The Labute approximate surface area is 100 Å². The Kier molecular flexibility index (Phi) is 2.37. The zero-order chi connectivity index (χ0) is 11.8. The molecule has 2 aromatic carbocycles. The molecule has 3 rings (SSSR count). The number of aromatic nitrogens is 1. The average molecular weight is 246 g/mol. The molecule has 0 aliphatic rings. The molecule has 0 atom stereocenters. The summed E-state index contributed by atoms with van der Waals surface area (Å²) in [7, 11) is 0. The fourth-order valence-corrected chi connectivity index (χ4v) is 2.41. The summed E-state index contributed by atoms with van der Waals surface area (Å²) in [5.74, 6) is -0.750. The summed E-state index contributed by atoms with van der Waals surface area (Å²) in [6, 6.07) is 10.2. The van der Waals surface area contributed by atoms with Crippen LogP contribution in [0.5, 0.6) is 0 Å². The number of halogens is 2. The van der Waals surface area contributed by atoms with Crippen LogP contribution in [0, 0.1) is 17.7 Å². The van der Waals surface area contributed by atoms with Gasteiger partial charge in [-0.2, -0.15) is 0 Å². The molecular formula is C13H6F2NS. The quantitative estimate of drug-likeness (QED) is 0.631. The van der Waals surface area contributed by atoms with Crippen molar-refractivity contribution >= 4 is 21.6 Å². The maximum absolute atomic E-state index is 13.7. The summed E-state index contributed by atoms with van der Waals surface area (Å²) >= 11 is 1.36. The van der Waals surface area contributed by atoms with E-state index in [0.717, 1.165) is 4.70 Å². The van der Waals surface area contributed by atoms with E-state index in [0.29, 0.717) is 16.6 Å². The van der Waals surface area contributed by atoms with E-state index in [1.54, 1.807) is 11.6 Å². The molecule has 0 spiro atoms. The lowest BCUT2D eigenvalue weighted by Gasteiger charge is -2.02. The molecule has 0 aliphatic carbocycles. The van der Waals surface area contributed by atoms with Gasteiger partial charge in [-0.05, 0) is 41.5 Å². The van der Waals surface area contributed by atoms with Gasteiger partial charge in [-0.3, -0.25) is 0 Å². The number of hydrogen-bond donors (Lipinski definition) is 0. The lowest BCUT2D eigenvalue weighted by molar-refractivity contribution is 0.628. The van der Waals surface area contributed by atoms with Gasteiger partial charge in [0.25, 0.3) is 0 Å². The average Bonchev–Trinajstić information content (AvgIpc) is 2.77. The Morgan fingerprint density at radius 3 is 2.88 bits per heavy atom. The molecule has 0 saturated heterocycles. The van der Waals surface area contributed by atoms with E-state index in [4.69, 9.17) is 0 Å². The Hall–Kier alpha value is -1.81. The number of rotatable bonds is 1. The third kappa shape index (κ3) is 1.80. The monoisotopic (exact) mass is 246 g/mol. The molecule has 1 radical (unpaired) electrons. The zero-order valence-corrected chi connectivity index (χ0v) is 9.39. The van der Waals surface area contributed by atoms with Gasteiger partial charge >= 0.3 is 0 Å². The predicted molar refractivity (Wildman–Crippen MR) is 63.8 cm³/mol. The summed E-state index contributed by atoms with van der Waals surface area (Å²) in [4.78, 5) is 3.93. The highest BCUT2D eigenvalue weighted by molar-refractivity contribution is 7.16. The van der Waals surface area contributed by atoms with Gasteiger partial charge in [0, 0.05) is 0 Å². The van der Waals surface area contributed by atoms with Gasteiger partial charge in [-0.15, -0.1) is 11.3 Å². The topological polar surface area (TPSA) is 12.9 Å². The first-order chi connectivity index (χ1) is 8.24. The van der Waals surface area contributed by atoms with Gasteiger partial charge in [0.1, 0.15) is 11.3 Å². The van der Waals surface area contributed by atoms with Gasteiger partial charge in [-0.25, -0.2) is 13.8 Å². The van der Waals surface area contributed by atoms with E-state index >= 15 is 0 Å². The zero-order valence-electron chi connectivity index (χ0n) is 8.58. The van der Waals surface area contributed by atoms with E-state index in [1.165, 1.54) is 35.6 Å². The molecule has 0 aliphatic heterocycles. The van der Waals surface area contributed by atoms with Gasteiger partial charge in [-0.1, -0.05) is 6.07 Å². The number of nitrogens with zero attached hydrogens (tertiary/aromatic N) is 1. The largest absolute Gasteiger partial charge is 0.242 e. The van der Waals surface area contributed by atoms with Crippen LogP contribution in [0.4, 0.5) is 8.78 Å². The first-order valence-electron chi connectivity index (χ1n) is 4.94. The second-order valence-corrected chi connectivity index (χ2v) is 4.46. The van der Waals surface area contributed by atoms with Crippen molar-refractivity contribution in [1.29, 1.82) is 0 Å². The fourth-order valence-electron chi connectivity index (χ4n) is 1.69. The Morgan fingerprint density at radius 2 is 2.06 bits per heavy atom. The number of hydrogen-bond acceptors (Lipinski definition) is 2. The molecule has 17 heavy (non-hydrogen) atoms. The molecule has 0 N–H and O–H groups in total. The van der Waals surface area contributed by atoms with Crippen molar-refractivity contribution in [2.24, 2.45) is 0 Å². The Morgan fingerprint density at radius 1 is 1.18 bits per heavy atom. The fraction of sp³-hybridized carbons (Fsp3) is 0. The Balaban J connectivity index is 2.23. The van der Waals surface area contributed by atoms with E-state index < -0.39 is 5.82 Å². The molecule has 0 fully saturated rings. The van der Waals surface area contributed by atoms with Crippen LogP contribution in [0.3, 0.4) is 0 Å². The highest BCUT2D eigenvalue weighted by Gasteiger charge is 2.08. The van der Waals surface area contributed by atoms with Crippen molar-refractivity contribution in [2.45, 2.75) is 0 Å². The molecule has 1 nitrogen and oxygen atoms in total. The maximum atomic E-state index is 13.7. The van der Waals surface area contributed by atoms with Gasteiger partial charge in [0.2, 0.25) is 0 Å². The standard InChI is InChI=1S/C13H6F2NS/c14-10-3-1-2-8(4-10)9-5-11(15)13-12(6-9)17-7-16-13/h1,3-7H. The molecule has 1 heterocycles. The van der Waals surface area contributed by atoms with E-state index in [-0.39, 0.29) is 5.82 Å². The van der Waals surface area contributed by atoms with Crippen LogP contribution in [0.1, 0.15) is 0 Å². The van der Waals surface area contributed by atoms with Crippen molar-refractivity contribution in [3.05, 3.63) is 53.5 Å². The van der Waals surface area contributed by atoms with E-state index in [1.807, 2.05) is 0 Å². The molecule has 83 valence electrons. The number of thiazole rings is 1. The SMILES string of the molecule is Fc1cc[c]c(-c2cc(F)c3ncsc3c2)c1. The van der Waals surface area contributed by atoms with Crippen LogP contribution in [0.2, 0.25) is 0 Å². The van der Waals surface area contributed by atoms with Gasteiger partial charge in [0.15, 0.2) is 5.82 Å². The van der Waals surface area contributed by atoms with Crippen LogP contribution < -0.4 is 0 Å². The van der Waals surface area contributed by atoms with E-state index in [2.05, 4.69) is 11.1 Å². The smallest absolute Gasteiger partial charge is 0.150 e. The molecule has 1 aromatic heterocycles. The molecular weight excluding hydrogens is 240 g/mol. The highest BCUT2D eigenvalue weighted by atomic mass is 32.1. The predicted octanol–water partition coefficient (Wildman–Crippen LogP) is 4.04. The van der Waals surface area contributed by atoms with Crippen molar-refractivity contribution in [1.82, 2.24) is 4.98 Å². The number of benzene rings is 2. The number of fused-ring (bicyclic) bond motifs is 1. The summed E-state index contributed by atoms with van der Waals surface area (Å²) in [5, 5.41) is 0. The minimum absolute atomic E-state index is 0.357. The third-order valence-corrected chi connectivity index (χ3v) is 3.24. The summed E-state index contributed by atoms with van der Waals surface area (Å²) < 4.78 is 27.5. The first-order valence-corrected chi connectivity index (χ1v) is 5.82. The maximum Gasteiger partial charge on any atom is 0.150 e. The van der Waals surface area contributed by atoms with Crippen molar-refractivity contribution < 1.29 is 8.78 Å². The summed E-state index contributed by atoms with van der Waals surface area (Å²) in [6.07, 6.45) is 0. The molecule has 0 unspecified atom stereocenters. The Bertz CT molecular complexity index is 691. The van der Waals surface area contributed by atoms with Crippen LogP contribution in [0.25, 0.3) is 21.3 Å². The molecule has 0 bridgehead atoms. The lowest BCUT2D eigenvalue weighted by Crippen LogP contribution is -1.84. The highest BCUT2D eigenvalue weighted by Crippen LogP contribution is 2.28. The minimum atomic E-state index is -0.392. The molecule has 4 heteroatoms. The van der Waals surface area contributed by atoms with Crippen molar-refractivity contribution in [3.63, 3.8) is 0 Å². The second kappa shape index (κ2) is 3.89. The molecule has 0 saturated carbocycles. The second-order valence-electron chi connectivity index (χ2n) is 3.58. The van der Waals surface area contributed by atoms with Crippen LogP contribution in [-0.2, 0) is 0 Å². The van der Waals surface area contributed by atoms with Gasteiger partial charge < -0.3 is 0 Å². The normalized spacial score (nSPS) is 10.9. The first kappa shape index (κ1) is 10.4. The van der Waals surface area contributed by atoms with Crippen molar-refractivity contribution in [2.75, 3.05) is 0 Å². The summed E-state index contributed by atoms with van der Waals surface area (Å²) in [6.45, 7) is 0. The van der Waals surface area contributed by atoms with Crippen LogP contribution >= 0.6 is 11.3 Å². The van der Waals surface area contributed by atoms with Gasteiger partial charge in [0.05, 0.1) is 10.2 Å². The summed E-state index contributed by atoms with van der Waals surface area (Å²) in [5.41, 5.74) is 3.10. The van der Waals surface area contributed by atoms with Crippen LogP contribution in [0.15, 0.2) is 35.8 Å². The van der Waals surface area contributed by atoms with Crippen molar-refractivity contribution in [3.8, 4) is 11.1 Å². The molecule has 3 aromatic rings. The molecule has 0 amide bonds.